The zero-order chi connectivity index (χ0) is 14.0. The highest BCUT2D eigenvalue weighted by Crippen LogP contribution is 2.23. The Morgan fingerprint density at radius 3 is 2.32 bits per heavy atom. The molecule has 2 heteroatoms. The Bertz CT molecular complexity index is 623. The molecule has 2 rings (SSSR count). The second-order valence-corrected chi connectivity index (χ2v) is 5.54. The van der Waals surface area contributed by atoms with Crippen LogP contribution in [-0.2, 0) is 0 Å². The highest BCUT2D eigenvalue weighted by Gasteiger charge is 2.06. The molecule has 0 bridgehead atoms. The Morgan fingerprint density at radius 1 is 0.947 bits per heavy atom. The molecule has 100 valence electrons. The maximum Gasteiger partial charge on any atom is 0.250 e. The van der Waals surface area contributed by atoms with Gasteiger partial charge in [-0.3, -0.25) is 4.79 Å². The highest BCUT2D eigenvalue weighted by molar-refractivity contribution is 5.63. The first kappa shape index (κ1) is 13.6. The van der Waals surface area contributed by atoms with Crippen LogP contribution >= 0.6 is 0 Å². The third kappa shape index (κ3) is 2.95. The molecule has 0 unspecified atom stereocenters. The van der Waals surface area contributed by atoms with Gasteiger partial charge in [0.05, 0.1) is 0 Å². The van der Waals surface area contributed by atoms with E-state index < -0.39 is 0 Å². The number of hydrogen-bond donors (Lipinski definition) is 0. The Balaban J connectivity index is 2.50. The molecule has 2 aromatic rings. The predicted octanol–water partition coefficient (Wildman–Crippen LogP) is 4.22. The third-order valence-electron chi connectivity index (χ3n) is 3.38. The van der Waals surface area contributed by atoms with Crippen LogP contribution in [0.3, 0.4) is 0 Å². The molecule has 0 N–H and O–H groups in total. The Labute approximate surface area is 114 Å². The van der Waals surface area contributed by atoms with E-state index in [-0.39, 0.29) is 11.6 Å². The molecule has 0 radical (unpaired) electrons. The fourth-order valence-electron chi connectivity index (χ4n) is 2.16. The normalized spacial score (nSPS) is 11.3. The molecule has 0 fully saturated rings. The van der Waals surface area contributed by atoms with Crippen LogP contribution in [0.15, 0.2) is 47.4 Å². The monoisotopic (exact) mass is 255 g/mol. The van der Waals surface area contributed by atoms with Crippen LogP contribution in [0.4, 0.5) is 0 Å². The molecule has 1 heterocycles. The second-order valence-electron chi connectivity index (χ2n) is 5.54. The van der Waals surface area contributed by atoms with E-state index in [0.29, 0.717) is 5.92 Å². The molecule has 0 aliphatic heterocycles. The van der Waals surface area contributed by atoms with Crippen LogP contribution in [0.5, 0.6) is 0 Å². The van der Waals surface area contributed by atoms with E-state index >= 15 is 0 Å². The van der Waals surface area contributed by atoms with Crippen LogP contribution in [0, 0.1) is 0 Å². The summed E-state index contributed by atoms with van der Waals surface area (Å²) in [6.45, 7) is 8.42. The third-order valence-corrected chi connectivity index (χ3v) is 3.38. The minimum Gasteiger partial charge on any atom is -0.312 e. The van der Waals surface area contributed by atoms with E-state index in [1.807, 2.05) is 26.1 Å². The van der Waals surface area contributed by atoms with Gasteiger partial charge in [-0.25, -0.2) is 0 Å². The standard InChI is InChI=1S/C17H21NO/c1-12(2)14-6-5-7-15(10-14)16-8-9-17(19)18(11-16)13(3)4/h5-13H,1-4H3. The molecule has 2 nitrogen and oxygen atoms in total. The smallest absolute Gasteiger partial charge is 0.250 e. The van der Waals surface area contributed by atoms with Crippen molar-refractivity contribution in [2.24, 2.45) is 0 Å². The van der Waals surface area contributed by atoms with Crippen LogP contribution in [0.25, 0.3) is 11.1 Å². The minimum absolute atomic E-state index is 0.0544. The van der Waals surface area contributed by atoms with Crippen LogP contribution in [0.2, 0.25) is 0 Å². The lowest BCUT2D eigenvalue weighted by molar-refractivity contribution is 0.579. The second kappa shape index (κ2) is 5.43. The molecule has 0 saturated heterocycles. The molecule has 0 amide bonds. The van der Waals surface area contributed by atoms with Gasteiger partial charge in [0.1, 0.15) is 0 Å². The van der Waals surface area contributed by atoms with Gasteiger partial charge in [0.2, 0.25) is 0 Å². The molecule has 0 spiro atoms. The fraction of sp³-hybridized carbons (Fsp3) is 0.353. The fourth-order valence-corrected chi connectivity index (χ4v) is 2.16. The summed E-state index contributed by atoms with van der Waals surface area (Å²) in [5.74, 6) is 0.510. The largest absolute Gasteiger partial charge is 0.312 e. The van der Waals surface area contributed by atoms with Crippen molar-refractivity contribution in [3.05, 3.63) is 58.5 Å². The quantitative estimate of drug-likeness (QED) is 0.805. The number of aromatic nitrogens is 1. The lowest BCUT2D eigenvalue weighted by Crippen LogP contribution is -2.20. The van der Waals surface area contributed by atoms with E-state index in [2.05, 4.69) is 38.1 Å². The van der Waals surface area contributed by atoms with Gasteiger partial charge in [-0.15, -0.1) is 0 Å². The minimum atomic E-state index is 0.0544. The molecule has 1 aromatic heterocycles. The van der Waals surface area contributed by atoms with Crippen molar-refractivity contribution in [3.8, 4) is 11.1 Å². The summed E-state index contributed by atoms with van der Waals surface area (Å²) in [6.07, 6.45) is 1.95. The van der Waals surface area contributed by atoms with Crippen molar-refractivity contribution < 1.29 is 0 Å². The summed E-state index contributed by atoms with van der Waals surface area (Å²) >= 11 is 0. The van der Waals surface area contributed by atoms with Crippen molar-refractivity contribution in [2.75, 3.05) is 0 Å². The summed E-state index contributed by atoms with van der Waals surface area (Å²) < 4.78 is 1.78. The molecule has 0 aliphatic carbocycles. The average molecular weight is 255 g/mol. The van der Waals surface area contributed by atoms with Gasteiger partial charge in [0.15, 0.2) is 0 Å². The van der Waals surface area contributed by atoms with Crippen LogP contribution < -0.4 is 5.56 Å². The number of pyridine rings is 1. The number of nitrogens with zero attached hydrogens (tertiary/aromatic N) is 1. The van der Waals surface area contributed by atoms with Crippen molar-refractivity contribution >= 4 is 0 Å². The first-order valence-electron chi connectivity index (χ1n) is 6.81. The Morgan fingerprint density at radius 2 is 1.68 bits per heavy atom. The van der Waals surface area contributed by atoms with Gasteiger partial charge in [-0.2, -0.15) is 0 Å². The zero-order valence-corrected chi connectivity index (χ0v) is 12.1. The highest BCUT2D eigenvalue weighted by atomic mass is 16.1. The average Bonchev–Trinajstić information content (AvgIpc) is 2.39. The Hall–Kier alpha value is -1.83. The maximum atomic E-state index is 11.8. The molecular weight excluding hydrogens is 234 g/mol. The van der Waals surface area contributed by atoms with Crippen LogP contribution in [0.1, 0.15) is 45.2 Å². The lowest BCUT2D eigenvalue weighted by atomic mass is 9.98. The van der Waals surface area contributed by atoms with E-state index in [1.165, 1.54) is 11.1 Å². The van der Waals surface area contributed by atoms with Gasteiger partial charge in [-0.1, -0.05) is 38.1 Å². The molecule has 0 atom stereocenters. The van der Waals surface area contributed by atoms with Crippen molar-refractivity contribution in [1.29, 1.82) is 0 Å². The van der Waals surface area contributed by atoms with Crippen molar-refractivity contribution in [1.82, 2.24) is 4.57 Å². The van der Waals surface area contributed by atoms with Gasteiger partial charge < -0.3 is 4.57 Å². The number of benzene rings is 1. The summed E-state index contributed by atoms with van der Waals surface area (Å²) in [6, 6.07) is 12.3. The van der Waals surface area contributed by atoms with Crippen molar-refractivity contribution in [2.45, 2.75) is 39.7 Å². The zero-order valence-electron chi connectivity index (χ0n) is 12.1. The first-order valence-corrected chi connectivity index (χ1v) is 6.81. The van der Waals surface area contributed by atoms with Gasteiger partial charge in [0, 0.05) is 18.3 Å². The van der Waals surface area contributed by atoms with E-state index in [9.17, 15) is 4.79 Å². The van der Waals surface area contributed by atoms with Gasteiger partial charge in [0.25, 0.3) is 5.56 Å². The topological polar surface area (TPSA) is 22.0 Å². The maximum absolute atomic E-state index is 11.8. The van der Waals surface area contributed by atoms with Gasteiger partial charge in [-0.05, 0) is 42.5 Å². The summed E-state index contributed by atoms with van der Waals surface area (Å²) in [4.78, 5) is 11.8. The van der Waals surface area contributed by atoms with E-state index in [0.717, 1.165) is 5.56 Å². The van der Waals surface area contributed by atoms with E-state index in [1.54, 1.807) is 10.6 Å². The first-order chi connectivity index (χ1) is 8.99. The van der Waals surface area contributed by atoms with Gasteiger partial charge >= 0.3 is 0 Å². The van der Waals surface area contributed by atoms with Crippen LogP contribution in [-0.4, -0.2) is 4.57 Å². The summed E-state index contributed by atoms with van der Waals surface area (Å²) in [5, 5.41) is 0. The molecule has 1 aromatic carbocycles. The lowest BCUT2D eigenvalue weighted by Gasteiger charge is -2.13. The number of rotatable bonds is 3. The summed E-state index contributed by atoms with van der Waals surface area (Å²) in [5.41, 5.74) is 3.63. The molecule has 0 saturated carbocycles. The molecule has 19 heavy (non-hydrogen) atoms. The van der Waals surface area contributed by atoms with Crippen molar-refractivity contribution in [3.63, 3.8) is 0 Å². The SMILES string of the molecule is CC(C)c1cccc(-c2ccc(=O)n(C(C)C)c2)c1. The number of hydrogen-bond acceptors (Lipinski definition) is 1. The summed E-state index contributed by atoms with van der Waals surface area (Å²) in [7, 11) is 0. The predicted molar refractivity (Wildman–Crippen MR) is 80.6 cm³/mol. The molecule has 0 aliphatic rings. The molecular formula is C17H21NO. The Kier molecular flexibility index (Phi) is 3.89. The van der Waals surface area contributed by atoms with E-state index in [4.69, 9.17) is 0 Å².